The highest BCUT2D eigenvalue weighted by Gasteiger charge is 2.06. The van der Waals surface area contributed by atoms with Crippen LogP contribution in [0.2, 0.25) is 0 Å². The molecular formula is C16H18N2S. The van der Waals surface area contributed by atoms with Crippen LogP contribution in [0.3, 0.4) is 0 Å². The molecule has 0 heterocycles. The molecule has 0 aliphatic heterocycles. The van der Waals surface area contributed by atoms with Crippen molar-refractivity contribution in [1.29, 1.82) is 0 Å². The van der Waals surface area contributed by atoms with Gasteiger partial charge in [0, 0.05) is 17.3 Å². The SMILES string of the molecule is Cc1cc(NC(C)c2ccccc2)ccc1C(N)=S. The highest BCUT2D eigenvalue weighted by atomic mass is 32.1. The summed E-state index contributed by atoms with van der Waals surface area (Å²) in [6, 6.07) is 16.7. The van der Waals surface area contributed by atoms with E-state index in [1.54, 1.807) is 0 Å². The molecule has 0 aliphatic carbocycles. The average molecular weight is 270 g/mol. The first-order valence-corrected chi connectivity index (χ1v) is 6.70. The van der Waals surface area contributed by atoms with Crippen LogP contribution in [0, 0.1) is 6.92 Å². The molecule has 2 nitrogen and oxygen atoms in total. The molecule has 0 aliphatic rings. The van der Waals surface area contributed by atoms with Gasteiger partial charge in [-0.05, 0) is 43.2 Å². The van der Waals surface area contributed by atoms with Crippen molar-refractivity contribution >= 4 is 22.9 Å². The number of hydrogen-bond acceptors (Lipinski definition) is 2. The van der Waals surface area contributed by atoms with E-state index in [0.29, 0.717) is 4.99 Å². The summed E-state index contributed by atoms with van der Waals surface area (Å²) in [6.45, 7) is 4.17. The van der Waals surface area contributed by atoms with Crippen molar-refractivity contribution in [2.24, 2.45) is 5.73 Å². The molecule has 3 N–H and O–H groups in total. The first-order valence-electron chi connectivity index (χ1n) is 6.30. The highest BCUT2D eigenvalue weighted by Crippen LogP contribution is 2.21. The van der Waals surface area contributed by atoms with Crippen molar-refractivity contribution in [3.8, 4) is 0 Å². The lowest BCUT2D eigenvalue weighted by atomic mass is 10.1. The second-order valence-electron chi connectivity index (χ2n) is 4.67. The van der Waals surface area contributed by atoms with E-state index in [0.717, 1.165) is 16.8 Å². The Morgan fingerprint density at radius 3 is 2.42 bits per heavy atom. The Kier molecular flexibility index (Phi) is 4.17. The van der Waals surface area contributed by atoms with Gasteiger partial charge >= 0.3 is 0 Å². The molecule has 0 saturated carbocycles. The fourth-order valence-electron chi connectivity index (χ4n) is 2.10. The molecular weight excluding hydrogens is 252 g/mol. The molecule has 0 fully saturated rings. The van der Waals surface area contributed by atoms with Crippen LogP contribution in [0.15, 0.2) is 48.5 Å². The van der Waals surface area contributed by atoms with Crippen LogP contribution in [-0.4, -0.2) is 4.99 Å². The quantitative estimate of drug-likeness (QED) is 0.830. The zero-order valence-corrected chi connectivity index (χ0v) is 12.0. The van der Waals surface area contributed by atoms with Crippen molar-refractivity contribution in [1.82, 2.24) is 0 Å². The van der Waals surface area contributed by atoms with Gasteiger partial charge in [-0.1, -0.05) is 42.5 Å². The van der Waals surface area contributed by atoms with Crippen LogP contribution >= 0.6 is 12.2 Å². The van der Waals surface area contributed by atoms with Crippen molar-refractivity contribution in [2.45, 2.75) is 19.9 Å². The van der Waals surface area contributed by atoms with E-state index >= 15 is 0 Å². The predicted octanol–water partition coefficient (Wildman–Crippen LogP) is 3.80. The zero-order valence-electron chi connectivity index (χ0n) is 11.2. The van der Waals surface area contributed by atoms with Gasteiger partial charge in [0.25, 0.3) is 0 Å². The number of anilines is 1. The van der Waals surface area contributed by atoms with Gasteiger partial charge in [-0.25, -0.2) is 0 Å². The van der Waals surface area contributed by atoms with Gasteiger partial charge in [0.1, 0.15) is 4.99 Å². The number of nitrogens with two attached hydrogens (primary N) is 1. The first-order chi connectivity index (χ1) is 9.08. The molecule has 0 bridgehead atoms. The number of benzene rings is 2. The van der Waals surface area contributed by atoms with Crippen LogP contribution in [-0.2, 0) is 0 Å². The normalized spacial score (nSPS) is 11.9. The molecule has 3 heteroatoms. The van der Waals surface area contributed by atoms with Gasteiger partial charge in [0.2, 0.25) is 0 Å². The smallest absolute Gasteiger partial charge is 0.104 e. The van der Waals surface area contributed by atoms with Gasteiger partial charge in [0.15, 0.2) is 0 Å². The minimum absolute atomic E-state index is 0.260. The summed E-state index contributed by atoms with van der Waals surface area (Å²) < 4.78 is 0. The number of aryl methyl sites for hydroxylation is 1. The van der Waals surface area contributed by atoms with Gasteiger partial charge in [-0.2, -0.15) is 0 Å². The molecule has 0 aromatic heterocycles. The summed E-state index contributed by atoms with van der Waals surface area (Å²) in [5.74, 6) is 0. The van der Waals surface area contributed by atoms with Crippen molar-refractivity contribution in [3.63, 3.8) is 0 Å². The summed E-state index contributed by atoms with van der Waals surface area (Å²) in [6.07, 6.45) is 0. The lowest BCUT2D eigenvalue weighted by Crippen LogP contribution is -2.12. The van der Waals surface area contributed by atoms with Crippen molar-refractivity contribution in [3.05, 3.63) is 65.2 Å². The minimum atomic E-state index is 0.260. The van der Waals surface area contributed by atoms with Gasteiger partial charge in [-0.3, -0.25) is 0 Å². The predicted molar refractivity (Wildman–Crippen MR) is 85.5 cm³/mol. The highest BCUT2D eigenvalue weighted by molar-refractivity contribution is 7.80. The maximum atomic E-state index is 5.67. The first kappa shape index (κ1) is 13.6. The van der Waals surface area contributed by atoms with Crippen LogP contribution in [0.4, 0.5) is 5.69 Å². The lowest BCUT2D eigenvalue weighted by molar-refractivity contribution is 0.884. The van der Waals surface area contributed by atoms with Gasteiger partial charge in [0.05, 0.1) is 0 Å². The zero-order chi connectivity index (χ0) is 13.8. The molecule has 0 spiro atoms. The van der Waals surface area contributed by atoms with Gasteiger partial charge < -0.3 is 11.1 Å². The molecule has 0 saturated heterocycles. The second-order valence-corrected chi connectivity index (χ2v) is 5.11. The molecule has 2 rings (SSSR count). The summed E-state index contributed by atoms with van der Waals surface area (Å²) >= 11 is 5.01. The van der Waals surface area contributed by atoms with E-state index in [1.807, 2.05) is 25.1 Å². The molecule has 0 amide bonds. The minimum Gasteiger partial charge on any atom is -0.389 e. The Hall–Kier alpha value is -1.87. The molecule has 1 atom stereocenters. The third kappa shape index (κ3) is 3.32. The Bertz CT molecular complexity index is 579. The van der Waals surface area contributed by atoms with Crippen LogP contribution in [0.25, 0.3) is 0 Å². The third-order valence-electron chi connectivity index (χ3n) is 3.17. The number of hydrogen-bond donors (Lipinski definition) is 2. The Morgan fingerprint density at radius 1 is 1.16 bits per heavy atom. The van der Waals surface area contributed by atoms with Gasteiger partial charge in [-0.15, -0.1) is 0 Å². The molecule has 0 radical (unpaired) electrons. The summed E-state index contributed by atoms with van der Waals surface area (Å²) in [7, 11) is 0. The Labute approximate surface area is 119 Å². The van der Waals surface area contributed by atoms with E-state index in [9.17, 15) is 0 Å². The topological polar surface area (TPSA) is 38.0 Å². The summed E-state index contributed by atoms with van der Waals surface area (Å²) in [5, 5.41) is 3.48. The summed E-state index contributed by atoms with van der Waals surface area (Å²) in [5.41, 5.74) is 10.0. The second kappa shape index (κ2) is 5.85. The molecule has 98 valence electrons. The lowest BCUT2D eigenvalue weighted by Gasteiger charge is -2.17. The molecule has 2 aromatic carbocycles. The third-order valence-corrected chi connectivity index (χ3v) is 3.39. The van der Waals surface area contributed by atoms with E-state index in [2.05, 4.69) is 42.6 Å². The monoisotopic (exact) mass is 270 g/mol. The average Bonchev–Trinajstić information content (AvgIpc) is 2.39. The molecule has 19 heavy (non-hydrogen) atoms. The van der Waals surface area contributed by atoms with Crippen LogP contribution in [0.1, 0.15) is 29.7 Å². The molecule has 2 aromatic rings. The standard InChI is InChI=1S/C16H18N2S/c1-11-10-14(8-9-15(11)16(17)19)18-12(2)13-6-4-3-5-7-13/h3-10,12,18H,1-2H3,(H2,17,19). The Balaban J connectivity index is 2.16. The largest absolute Gasteiger partial charge is 0.389 e. The van der Waals surface area contributed by atoms with E-state index in [1.165, 1.54) is 5.56 Å². The molecule has 1 unspecified atom stereocenters. The van der Waals surface area contributed by atoms with E-state index in [4.69, 9.17) is 18.0 Å². The van der Waals surface area contributed by atoms with Crippen molar-refractivity contribution < 1.29 is 0 Å². The fraction of sp³-hybridized carbons (Fsp3) is 0.188. The Morgan fingerprint density at radius 2 is 1.84 bits per heavy atom. The summed E-state index contributed by atoms with van der Waals surface area (Å²) in [4.78, 5) is 0.445. The maximum absolute atomic E-state index is 5.67. The maximum Gasteiger partial charge on any atom is 0.104 e. The van der Waals surface area contributed by atoms with Crippen molar-refractivity contribution in [2.75, 3.05) is 5.32 Å². The van der Waals surface area contributed by atoms with E-state index in [-0.39, 0.29) is 6.04 Å². The van der Waals surface area contributed by atoms with Crippen LogP contribution < -0.4 is 11.1 Å². The number of rotatable bonds is 4. The number of nitrogens with one attached hydrogen (secondary N) is 1. The fourth-order valence-corrected chi connectivity index (χ4v) is 2.33. The number of thiocarbonyl (C=S) groups is 1. The van der Waals surface area contributed by atoms with Crippen LogP contribution in [0.5, 0.6) is 0 Å². The van der Waals surface area contributed by atoms with E-state index < -0.39 is 0 Å².